The molecule has 10 heteroatoms. The van der Waals surface area contributed by atoms with Gasteiger partial charge >= 0.3 is 0 Å². The Labute approximate surface area is 171 Å². The van der Waals surface area contributed by atoms with Crippen molar-refractivity contribution in [3.05, 3.63) is 53.6 Å². The van der Waals surface area contributed by atoms with Gasteiger partial charge in [-0.15, -0.1) is 0 Å². The molecule has 2 aromatic heterocycles. The van der Waals surface area contributed by atoms with Crippen molar-refractivity contribution in [1.82, 2.24) is 25.1 Å². The summed E-state index contributed by atoms with van der Waals surface area (Å²) >= 11 is 6.07. The van der Waals surface area contributed by atoms with E-state index in [9.17, 15) is 0 Å². The van der Waals surface area contributed by atoms with Crippen molar-refractivity contribution in [3.63, 3.8) is 0 Å². The summed E-state index contributed by atoms with van der Waals surface area (Å²) in [5.74, 6) is 1.73. The molecule has 0 saturated heterocycles. The van der Waals surface area contributed by atoms with Crippen molar-refractivity contribution in [3.8, 4) is 28.9 Å². The van der Waals surface area contributed by atoms with Gasteiger partial charge in [0.25, 0.3) is 5.89 Å². The van der Waals surface area contributed by atoms with Gasteiger partial charge in [0.05, 0.1) is 7.11 Å². The number of nitrogen functional groups attached to an aromatic ring is 1. The number of halogens is 1. The molecule has 0 radical (unpaired) electrons. The van der Waals surface area contributed by atoms with Crippen LogP contribution in [-0.4, -0.2) is 39.3 Å². The van der Waals surface area contributed by atoms with Crippen LogP contribution in [0.2, 0.25) is 5.02 Å². The molecule has 4 aromatic rings. The third-order valence-electron chi connectivity index (χ3n) is 4.08. The van der Waals surface area contributed by atoms with E-state index in [-0.39, 0.29) is 17.6 Å². The first kappa shape index (κ1) is 18.6. The van der Waals surface area contributed by atoms with Gasteiger partial charge in [-0.05, 0) is 36.4 Å². The maximum Gasteiger partial charge on any atom is 0.258 e. The van der Waals surface area contributed by atoms with Gasteiger partial charge in [-0.2, -0.15) is 19.9 Å². The van der Waals surface area contributed by atoms with Crippen LogP contribution < -0.4 is 15.4 Å². The van der Waals surface area contributed by atoms with Crippen molar-refractivity contribution in [2.24, 2.45) is 0 Å². The zero-order valence-corrected chi connectivity index (χ0v) is 16.3. The average molecular weight is 410 g/mol. The first-order valence-corrected chi connectivity index (χ1v) is 8.90. The Morgan fingerprint density at radius 2 is 1.83 bits per heavy atom. The quantitative estimate of drug-likeness (QED) is 0.527. The van der Waals surface area contributed by atoms with E-state index in [1.54, 1.807) is 37.3 Å². The van der Waals surface area contributed by atoms with Crippen LogP contribution in [0.15, 0.2) is 53.1 Å². The number of anilines is 3. The predicted octanol–water partition coefficient (Wildman–Crippen LogP) is 3.60. The van der Waals surface area contributed by atoms with Crippen LogP contribution in [-0.2, 0) is 0 Å². The molecule has 9 nitrogen and oxygen atoms in total. The third-order valence-corrected chi connectivity index (χ3v) is 4.31. The average Bonchev–Trinajstić information content (AvgIpc) is 3.23. The Hall–Kier alpha value is -3.72. The highest BCUT2D eigenvalue weighted by Gasteiger charge is 2.17. The van der Waals surface area contributed by atoms with Gasteiger partial charge in [0.1, 0.15) is 5.75 Å². The summed E-state index contributed by atoms with van der Waals surface area (Å²) in [6, 6.07) is 14.6. The second-order valence-corrected chi connectivity index (χ2v) is 6.45. The normalized spacial score (nSPS) is 10.7. The van der Waals surface area contributed by atoms with Gasteiger partial charge in [-0.1, -0.05) is 28.9 Å². The van der Waals surface area contributed by atoms with Crippen molar-refractivity contribution in [2.45, 2.75) is 0 Å². The fourth-order valence-corrected chi connectivity index (χ4v) is 2.80. The summed E-state index contributed by atoms with van der Waals surface area (Å²) in [5, 5.41) is 4.57. The van der Waals surface area contributed by atoms with Crippen LogP contribution in [0.3, 0.4) is 0 Å². The molecule has 0 aliphatic heterocycles. The lowest BCUT2D eigenvalue weighted by molar-refractivity contribution is 0.413. The summed E-state index contributed by atoms with van der Waals surface area (Å²) in [4.78, 5) is 18.8. The molecule has 0 fully saturated rings. The molecule has 0 spiro atoms. The van der Waals surface area contributed by atoms with Gasteiger partial charge < -0.3 is 19.9 Å². The number of hydrogen-bond donors (Lipinski definition) is 1. The summed E-state index contributed by atoms with van der Waals surface area (Å²) < 4.78 is 10.6. The van der Waals surface area contributed by atoms with Gasteiger partial charge in [0, 0.05) is 23.3 Å². The van der Waals surface area contributed by atoms with E-state index in [1.807, 2.05) is 30.3 Å². The first-order valence-electron chi connectivity index (χ1n) is 8.53. The highest BCUT2D eigenvalue weighted by molar-refractivity contribution is 6.30. The van der Waals surface area contributed by atoms with Crippen LogP contribution in [0.5, 0.6) is 5.75 Å². The maximum atomic E-state index is 6.07. The van der Waals surface area contributed by atoms with Gasteiger partial charge in [-0.3, -0.25) is 0 Å². The largest absolute Gasteiger partial charge is 0.497 e. The van der Waals surface area contributed by atoms with E-state index in [2.05, 4.69) is 25.1 Å². The molecule has 2 N–H and O–H groups in total. The molecule has 2 aromatic carbocycles. The fourth-order valence-electron chi connectivity index (χ4n) is 2.62. The van der Waals surface area contributed by atoms with Gasteiger partial charge in [-0.25, -0.2) is 0 Å². The molecule has 0 aliphatic carbocycles. The Morgan fingerprint density at radius 3 is 2.62 bits per heavy atom. The smallest absolute Gasteiger partial charge is 0.258 e. The van der Waals surface area contributed by atoms with Crippen LogP contribution in [0.4, 0.5) is 17.6 Å². The number of methoxy groups -OCH3 is 1. The summed E-state index contributed by atoms with van der Waals surface area (Å²) in [7, 11) is 3.38. The lowest BCUT2D eigenvalue weighted by atomic mass is 10.2. The highest BCUT2D eigenvalue weighted by Crippen LogP contribution is 2.27. The molecule has 0 atom stereocenters. The van der Waals surface area contributed by atoms with Gasteiger partial charge in [0.15, 0.2) is 0 Å². The van der Waals surface area contributed by atoms with E-state index in [0.717, 1.165) is 5.69 Å². The number of nitrogens with zero attached hydrogens (tertiary/aromatic N) is 6. The van der Waals surface area contributed by atoms with E-state index in [1.165, 1.54) is 0 Å². The zero-order chi connectivity index (χ0) is 20.4. The molecule has 2 heterocycles. The molecular weight excluding hydrogens is 394 g/mol. The molecule has 0 unspecified atom stereocenters. The molecule has 29 heavy (non-hydrogen) atoms. The first-order chi connectivity index (χ1) is 14.0. The number of ether oxygens (including phenoxy) is 1. The summed E-state index contributed by atoms with van der Waals surface area (Å²) in [6.45, 7) is 0. The standard InChI is InChI=1S/C19H16ClN7O2/c1-27(13-7-4-6-12(20)10-13)19-24-15(23-18(21)25-19)16-22-17(29-26-16)11-5-3-8-14(9-11)28-2/h3-10H,1-2H3,(H2,21,23,24,25). The van der Waals surface area contributed by atoms with Crippen LogP contribution >= 0.6 is 11.6 Å². The summed E-state index contributed by atoms with van der Waals surface area (Å²) in [5.41, 5.74) is 7.38. The van der Waals surface area contributed by atoms with Crippen LogP contribution in [0.1, 0.15) is 0 Å². The maximum absolute atomic E-state index is 6.07. The number of rotatable bonds is 5. The molecule has 0 aliphatic rings. The minimum Gasteiger partial charge on any atom is -0.497 e. The Kier molecular flexibility index (Phi) is 4.96. The fraction of sp³-hybridized carbons (Fsp3) is 0.105. The number of nitrogens with two attached hydrogens (primary N) is 1. The monoisotopic (exact) mass is 409 g/mol. The molecule has 4 rings (SSSR count). The number of aromatic nitrogens is 5. The van der Waals surface area contributed by atoms with Crippen molar-refractivity contribution >= 4 is 29.2 Å². The third kappa shape index (κ3) is 3.94. The van der Waals surface area contributed by atoms with Crippen LogP contribution in [0, 0.1) is 0 Å². The number of hydrogen-bond acceptors (Lipinski definition) is 9. The van der Waals surface area contributed by atoms with E-state index < -0.39 is 0 Å². The summed E-state index contributed by atoms with van der Waals surface area (Å²) in [6.07, 6.45) is 0. The molecule has 0 bridgehead atoms. The molecular formula is C19H16ClN7O2. The second-order valence-electron chi connectivity index (χ2n) is 6.01. The Balaban J connectivity index is 1.68. The Morgan fingerprint density at radius 1 is 1.00 bits per heavy atom. The van der Waals surface area contributed by atoms with Crippen molar-refractivity contribution in [1.29, 1.82) is 0 Å². The van der Waals surface area contributed by atoms with E-state index in [4.69, 9.17) is 26.6 Å². The van der Waals surface area contributed by atoms with Crippen molar-refractivity contribution < 1.29 is 9.26 Å². The SMILES string of the molecule is COc1cccc(-c2nc(-c3nc(N)nc(N(C)c4cccc(Cl)c4)n3)no2)c1. The highest BCUT2D eigenvalue weighted by atomic mass is 35.5. The predicted molar refractivity (Wildman–Crippen MR) is 109 cm³/mol. The van der Waals surface area contributed by atoms with E-state index in [0.29, 0.717) is 28.2 Å². The lowest BCUT2D eigenvalue weighted by Crippen LogP contribution is -2.15. The molecule has 0 amide bonds. The van der Waals surface area contributed by atoms with Gasteiger partial charge in [0.2, 0.25) is 23.5 Å². The van der Waals surface area contributed by atoms with E-state index >= 15 is 0 Å². The molecule has 146 valence electrons. The minimum atomic E-state index is 0.0339. The minimum absolute atomic E-state index is 0.0339. The lowest BCUT2D eigenvalue weighted by Gasteiger charge is -2.17. The number of benzene rings is 2. The topological polar surface area (TPSA) is 116 Å². The van der Waals surface area contributed by atoms with Crippen molar-refractivity contribution in [2.75, 3.05) is 24.8 Å². The Bertz CT molecular complexity index is 1160. The second kappa shape index (κ2) is 7.72. The molecule has 0 saturated carbocycles. The zero-order valence-electron chi connectivity index (χ0n) is 15.6. The van der Waals surface area contributed by atoms with Crippen LogP contribution in [0.25, 0.3) is 23.1 Å².